The van der Waals surface area contributed by atoms with Crippen LogP contribution in [0.3, 0.4) is 0 Å². The van der Waals surface area contributed by atoms with Crippen LogP contribution >= 0.6 is 0 Å². The number of methoxy groups -OCH3 is 2. The van der Waals surface area contributed by atoms with E-state index in [4.69, 9.17) is 9.47 Å². The average Bonchev–Trinajstić information content (AvgIpc) is 2.52. The molecule has 0 aromatic heterocycles. The molecule has 0 amide bonds. The molecule has 4 heteroatoms. The van der Waals surface area contributed by atoms with Crippen molar-refractivity contribution < 1.29 is 19.4 Å². The highest BCUT2D eigenvalue weighted by atomic mass is 16.5. The van der Waals surface area contributed by atoms with Gasteiger partial charge in [-0.1, -0.05) is 37.3 Å². The van der Waals surface area contributed by atoms with Crippen LogP contribution in [0.1, 0.15) is 25.0 Å². The summed E-state index contributed by atoms with van der Waals surface area (Å²) in [5, 5.41) is 12.3. The first-order valence-corrected chi connectivity index (χ1v) is 6.90. The Labute approximate surface area is 124 Å². The number of hydrogen-bond donors (Lipinski definition) is 1. The van der Waals surface area contributed by atoms with E-state index in [2.05, 4.69) is 0 Å². The number of ether oxygens (including phenoxy) is 2. The molecule has 0 heterocycles. The number of carbonyl (C=O) groups excluding carboxylic acids is 1. The molecule has 1 N–H and O–H groups in total. The van der Waals surface area contributed by atoms with Gasteiger partial charge in [0.1, 0.15) is 5.75 Å². The SMILES string of the molecule is COC(=O)C(C)CC(O)c1ccc(OC)c2ccccc12. The monoisotopic (exact) mass is 288 g/mol. The van der Waals surface area contributed by atoms with E-state index >= 15 is 0 Å². The van der Waals surface area contributed by atoms with Gasteiger partial charge in [-0.2, -0.15) is 0 Å². The van der Waals surface area contributed by atoms with E-state index in [0.29, 0.717) is 6.42 Å². The number of aliphatic hydroxyl groups excluding tert-OH is 1. The summed E-state index contributed by atoms with van der Waals surface area (Å²) in [6.07, 6.45) is -0.405. The van der Waals surface area contributed by atoms with Crippen molar-refractivity contribution in [1.82, 2.24) is 0 Å². The average molecular weight is 288 g/mol. The predicted octanol–water partition coefficient (Wildman–Crippen LogP) is 3.08. The smallest absolute Gasteiger partial charge is 0.308 e. The summed E-state index contributed by atoms with van der Waals surface area (Å²) in [5.74, 6) is 0.0975. The van der Waals surface area contributed by atoms with Crippen molar-refractivity contribution in [2.45, 2.75) is 19.4 Å². The lowest BCUT2D eigenvalue weighted by Crippen LogP contribution is -2.16. The first-order chi connectivity index (χ1) is 10.1. The molecular weight excluding hydrogens is 268 g/mol. The van der Waals surface area contributed by atoms with Gasteiger partial charge < -0.3 is 14.6 Å². The van der Waals surface area contributed by atoms with E-state index < -0.39 is 6.10 Å². The second-order valence-corrected chi connectivity index (χ2v) is 5.08. The molecule has 21 heavy (non-hydrogen) atoms. The molecule has 0 saturated carbocycles. The lowest BCUT2D eigenvalue weighted by molar-refractivity contribution is -0.145. The number of aliphatic hydroxyl groups is 1. The third-order valence-corrected chi connectivity index (χ3v) is 3.68. The third kappa shape index (κ3) is 3.16. The summed E-state index contributed by atoms with van der Waals surface area (Å²) in [6.45, 7) is 1.75. The van der Waals surface area contributed by atoms with E-state index in [9.17, 15) is 9.90 Å². The van der Waals surface area contributed by atoms with Gasteiger partial charge in [-0.15, -0.1) is 0 Å². The number of esters is 1. The zero-order valence-electron chi connectivity index (χ0n) is 12.5. The Kier molecular flexibility index (Phi) is 4.81. The molecular formula is C17H20O4. The summed E-state index contributed by atoms with van der Waals surface area (Å²) in [4.78, 5) is 11.5. The van der Waals surface area contributed by atoms with Crippen LogP contribution in [0.5, 0.6) is 5.75 Å². The largest absolute Gasteiger partial charge is 0.496 e. The minimum absolute atomic E-state index is 0.313. The number of fused-ring (bicyclic) bond motifs is 1. The van der Waals surface area contributed by atoms with E-state index in [1.54, 1.807) is 14.0 Å². The van der Waals surface area contributed by atoms with E-state index in [1.165, 1.54) is 7.11 Å². The highest BCUT2D eigenvalue weighted by Crippen LogP contribution is 2.33. The van der Waals surface area contributed by atoms with Gasteiger partial charge in [-0.05, 0) is 23.4 Å². The predicted molar refractivity (Wildman–Crippen MR) is 81.3 cm³/mol. The Balaban J connectivity index is 2.36. The lowest BCUT2D eigenvalue weighted by Gasteiger charge is -2.18. The van der Waals surface area contributed by atoms with Crippen molar-refractivity contribution in [2.24, 2.45) is 5.92 Å². The Morgan fingerprint density at radius 1 is 1.14 bits per heavy atom. The van der Waals surface area contributed by atoms with Crippen LogP contribution in [0.2, 0.25) is 0 Å². The van der Waals surface area contributed by atoms with Gasteiger partial charge in [0.05, 0.1) is 26.2 Å². The lowest BCUT2D eigenvalue weighted by atomic mass is 9.94. The van der Waals surface area contributed by atoms with Crippen molar-refractivity contribution in [1.29, 1.82) is 0 Å². The summed E-state index contributed by atoms with van der Waals surface area (Å²) in [7, 11) is 2.98. The van der Waals surface area contributed by atoms with Crippen LogP contribution in [0.15, 0.2) is 36.4 Å². The Morgan fingerprint density at radius 2 is 1.81 bits per heavy atom. The Hall–Kier alpha value is -2.07. The molecule has 0 aliphatic heterocycles. The number of carbonyl (C=O) groups is 1. The fourth-order valence-corrected chi connectivity index (χ4v) is 2.52. The topological polar surface area (TPSA) is 55.8 Å². The molecule has 0 bridgehead atoms. The summed E-state index contributed by atoms with van der Waals surface area (Å²) in [5.41, 5.74) is 0.794. The molecule has 4 nitrogen and oxygen atoms in total. The van der Waals surface area contributed by atoms with Gasteiger partial charge in [-0.25, -0.2) is 0 Å². The Morgan fingerprint density at radius 3 is 2.43 bits per heavy atom. The molecule has 0 aliphatic carbocycles. The fourth-order valence-electron chi connectivity index (χ4n) is 2.52. The zero-order valence-corrected chi connectivity index (χ0v) is 12.5. The number of rotatable bonds is 5. The third-order valence-electron chi connectivity index (χ3n) is 3.68. The molecule has 2 unspecified atom stereocenters. The fraction of sp³-hybridized carbons (Fsp3) is 0.353. The van der Waals surface area contributed by atoms with Crippen LogP contribution in [-0.2, 0) is 9.53 Å². The van der Waals surface area contributed by atoms with Gasteiger partial charge in [-0.3, -0.25) is 4.79 Å². The molecule has 0 spiro atoms. The van der Waals surface area contributed by atoms with E-state index in [-0.39, 0.29) is 11.9 Å². The maximum absolute atomic E-state index is 11.5. The maximum Gasteiger partial charge on any atom is 0.308 e. The van der Waals surface area contributed by atoms with Crippen LogP contribution < -0.4 is 4.74 Å². The second-order valence-electron chi connectivity index (χ2n) is 5.08. The van der Waals surface area contributed by atoms with Crippen LogP contribution in [0.25, 0.3) is 10.8 Å². The summed E-state index contributed by atoms with van der Waals surface area (Å²) in [6, 6.07) is 11.4. The van der Waals surface area contributed by atoms with Gasteiger partial charge >= 0.3 is 5.97 Å². The van der Waals surface area contributed by atoms with Crippen LogP contribution in [0.4, 0.5) is 0 Å². The van der Waals surface area contributed by atoms with Gasteiger partial charge in [0, 0.05) is 5.39 Å². The molecule has 0 radical (unpaired) electrons. The van der Waals surface area contributed by atoms with Gasteiger partial charge in [0.2, 0.25) is 0 Å². The van der Waals surface area contributed by atoms with E-state index in [1.807, 2.05) is 36.4 Å². The van der Waals surface area contributed by atoms with Crippen molar-refractivity contribution in [3.05, 3.63) is 42.0 Å². The van der Waals surface area contributed by atoms with E-state index in [0.717, 1.165) is 22.1 Å². The standard InChI is InChI=1S/C17H20O4/c1-11(17(19)21-3)10-15(18)13-8-9-16(20-2)14-7-5-4-6-12(13)14/h4-9,11,15,18H,10H2,1-3H3. The highest BCUT2D eigenvalue weighted by molar-refractivity contribution is 5.91. The molecule has 0 saturated heterocycles. The quantitative estimate of drug-likeness (QED) is 0.859. The molecule has 2 aromatic carbocycles. The molecule has 0 aliphatic rings. The van der Waals surface area contributed by atoms with Crippen molar-refractivity contribution in [3.63, 3.8) is 0 Å². The Bertz CT molecular complexity index is 636. The molecule has 2 atom stereocenters. The first-order valence-electron chi connectivity index (χ1n) is 6.90. The number of hydrogen-bond acceptors (Lipinski definition) is 4. The minimum atomic E-state index is -0.727. The first kappa shape index (κ1) is 15.3. The van der Waals surface area contributed by atoms with Crippen LogP contribution in [0, 0.1) is 5.92 Å². The molecule has 0 fully saturated rings. The maximum atomic E-state index is 11.5. The van der Waals surface area contributed by atoms with Crippen molar-refractivity contribution in [2.75, 3.05) is 14.2 Å². The highest BCUT2D eigenvalue weighted by Gasteiger charge is 2.21. The molecule has 2 aromatic rings. The zero-order chi connectivity index (χ0) is 15.4. The minimum Gasteiger partial charge on any atom is -0.496 e. The van der Waals surface area contributed by atoms with Gasteiger partial charge in [0.15, 0.2) is 0 Å². The summed E-state index contributed by atoms with van der Waals surface area (Å²) >= 11 is 0. The molecule has 2 rings (SSSR count). The van der Waals surface area contributed by atoms with Crippen molar-refractivity contribution >= 4 is 16.7 Å². The summed E-state index contributed by atoms with van der Waals surface area (Å²) < 4.78 is 10.0. The van der Waals surface area contributed by atoms with Crippen molar-refractivity contribution in [3.8, 4) is 5.75 Å². The van der Waals surface area contributed by atoms with Crippen LogP contribution in [-0.4, -0.2) is 25.3 Å². The van der Waals surface area contributed by atoms with Gasteiger partial charge in [0.25, 0.3) is 0 Å². The molecule has 112 valence electrons. The second kappa shape index (κ2) is 6.59. The number of benzene rings is 2. The normalized spacial score (nSPS) is 13.7.